The summed E-state index contributed by atoms with van der Waals surface area (Å²) < 4.78 is 0. The monoisotopic (exact) mass is 452 g/mol. The van der Waals surface area contributed by atoms with Gasteiger partial charge in [0.2, 0.25) is 11.8 Å². The SMILES string of the molecule is CN(C)C1CCC(CCC2CC2)(Nc2cccc3c2CN(C2CCC(=O)NC2=O)C3=O)CC1. The van der Waals surface area contributed by atoms with Crippen molar-refractivity contribution in [3.05, 3.63) is 29.3 Å². The van der Waals surface area contributed by atoms with Crippen molar-refractivity contribution < 1.29 is 14.4 Å². The molecule has 0 bridgehead atoms. The number of anilines is 1. The topological polar surface area (TPSA) is 81.8 Å². The Morgan fingerprint density at radius 3 is 2.52 bits per heavy atom. The molecule has 3 fully saturated rings. The predicted octanol–water partition coefficient (Wildman–Crippen LogP) is 3.29. The molecule has 1 unspecified atom stereocenters. The lowest BCUT2D eigenvalue weighted by molar-refractivity contribution is -0.136. The summed E-state index contributed by atoms with van der Waals surface area (Å²) in [5, 5.41) is 6.34. The van der Waals surface area contributed by atoms with E-state index in [0.717, 1.165) is 30.0 Å². The Balaban J connectivity index is 1.36. The van der Waals surface area contributed by atoms with Crippen LogP contribution in [0.3, 0.4) is 0 Å². The summed E-state index contributed by atoms with van der Waals surface area (Å²) in [4.78, 5) is 41.2. The van der Waals surface area contributed by atoms with E-state index in [4.69, 9.17) is 0 Å². The molecule has 0 aromatic heterocycles. The van der Waals surface area contributed by atoms with Crippen LogP contribution in [0.15, 0.2) is 18.2 Å². The highest BCUT2D eigenvalue weighted by Gasteiger charge is 2.42. The lowest BCUT2D eigenvalue weighted by Gasteiger charge is -2.44. The van der Waals surface area contributed by atoms with Crippen molar-refractivity contribution in [2.75, 3.05) is 19.4 Å². The Kier molecular flexibility index (Phi) is 5.93. The molecule has 1 aromatic rings. The number of carbonyl (C=O) groups is 3. The van der Waals surface area contributed by atoms with E-state index in [2.05, 4.69) is 35.7 Å². The molecule has 178 valence electrons. The van der Waals surface area contributed by atoms with Crippen molar-refractivity contribution in [2.24, 2.45) is 5.92 Å². The number of hydrogen-bond donors (Lipinski definition) is 2. The third kappa shape index (κ3) is 4.52. The van der Waals surface area contributed by atoms with Gasteiger partial charge in [0.25, 0.3) is 5.91 Å². The van der Waals surface area contributed by atoms with E-state index >= 15 is 0 Å². The summed E-state index contributed by atoms with van der Waals surface area (Å²) in [6, 6.07) is 5.97. The van der Waals surface area contributed by atoms with Crippen molar-refractivity contribution >= 4 is 23.4 Å². The molecular weight excluding hydrogens is 416 g/mol. The second-order valence-corrected chi connectivity index (χ2v) is 10.8. The zero-order chi connectivity index (χ0) is 23.2. The number of amides is 3. The largest absolute Gasteiger partial charge is 0.379 e. The van der Waals surface area contributed by atoms with Crippen LogP contribution in [0.1, 0.15) is 80.1 Å². The van der Waals surface area contributed by atoms with E-state index in [1.54, 1.807) is 4.90 Å². The molecule has 7 nitrogen and oxygen atoms in total. The highest BCUT2D eigenvalue weighted by molar-refractivity contribution is 6.06. The first-order valence-electron chi connectivity index (χ1n) is 12.6. The van der Waals surface area contributed by atoms with Crippen LogP contribution in [0.4, 0.5) is 5.69 Å². The van der Waals surface area contributed by atoms with Gasteiger partial charge in [0, 0.05) is 41.4 Å². The molecule has 1 atom stereocenters. The third-order valence-corrected chi connectivity index (χ3v) is 8.35. The van der Waals surface area contributed by atoms with Crippen molar-refractivity contribution in [2.45, 2.75) is 88.4 Å². The number of benzene rings is 1. The van der Waals surface area contributed by atoms with Crippen molar-refractivity contribution in [3.8, 4) is 0 Å². The van der Waals surface area contributed by atoms with E-state index in [-0.39, 0.29) is 29.7 Å². The normalized spacial score (nSPS) is 29.9. The number of nitrogens with one attached hydrogen (secondary N) is 2. The maximum atomic E-state index is 13.2. The summed E-state index contributed by atoms with van der Waals surface area (Å²) in [6.45, 7) is 0.419. The molecule has 5 rings (SSSR count). The molecule has 2 heterocycles. The van der Waals surface area contributed by atoms with Crippen LogP contribution in [0.25, 0.3) is 0 Å². The summed E-state index contributed by atoms with van der Waals surface area (Å²) in [7, 11) is 4.35. The standard InChI is InChI=1S/C26H36N4O3/c1-29(2)18-11-14-26(15-12-18,13-10-17-6-7-17)28-21-5-3-4-19-20(21)16-30(25(19)33)22-8-9-23(31)27-24(22)32/h3-5,17-18,22,28H,6-16H2,1-2H3,(H,27,31,32). The molecule has 2 aliphatic carbocycles. The highest BCUT2D eigenvalue weighted by Crippen LogP contribution is 2.43. The fraction of sp³-hybridized carbons (Fsp3) is 0.654. The van der Waals surface area contributed by atoms with Crippen molar-refractivity contribution in [1.82, 2.24) is 15.1 Å². The predicted molar refractivity (Wildman–Crippen MR) is 127 cm³/mol. The number of piperidine rings is 1. The van der Waals surface area contributed by atoms with Crippen LogP contribution >= 0.6 is 0 Å². The van der Waals surface area contributed by atoms with Gasteiger partial charge in [-0.3, -0.25) is 19.7 Å². The first-order valence-corrected chi connectivity index (χ1v) is 12.6. The van der Waals surface area contributed by atoms with E-state index in [9.17, 15) is 14.4 Å². The van der Waals surface area contributed by atoms with Crippen LogP contribution in [0.2, 0.25) is 0 Å². The molecule has 7 heteroatoms. The van der Waals surface area contributed by atoms with Gasteiger partial charge >= 0.3 is 0 Å². The number of nitrogens with zero attached hydrogens (tertiary/aromatic N) is 2. The van der Waals surface area contributed by atoms with Gasteiger partial charge in [0.1, 0.15) is 6.04 Å². The van der Waals surface area contributed by atoms with Gasteiger partial charge in [-0.15, -0.1) is 0 Å². The molecule has 0 radical (unpaired) electrons. The molecule has 2 aliphatic heterocycles. The zero-order valence-corrected chi connectivity index (χ0v) is 19.9. The maximum Gasteiger partial charge on any atom is 0.255 e. The van der Waals surface area contributed by atoms with Crippen molar-refractivity contribution in [3.63, 3.8) is 0 Å². The number of fused-ring (bicyclic) bond motifs is 1. The van der Waals surface area contributed by atoms with Gasteiger partial charge in [0.15, 0.2) is 0 Å². The first-order chi connectivity index (χ1) is 15.8. The second kappa shape index (κ2) is 8.75. The van der Waals surface area contributed by atoms with Crippen molar-refractivity contribution in [1.29, 1.82) is 0 Å². The summed E-state index contributed by atoms with van der Waals surface area (Å²) in [5.41, 5.74) is 2.78. The number of hydrogen-bond acceptors (Lipinski definition) is 5. The molecule has 1 aromatic carbocycles. The average molecular weight is 453 g/mol. The Morgan fingerprint density at radius 1 is 1.09 bits per heavy atom. The minimum absolute atomic E-state index is 0.0648. The molecular formula is C26H36N4O3. The van der Waals surface area contributed by atoms with Gasteiger partial charge < -0.3 is 15.1 Å². The van der Waals surface area contributed by atoms with E-state index < -0.39 is 6.04 Å². The van der Waals surface area contributed by atoms with Gasteiger partial charge in [0.05, 0.1) is 0 Å². The van der Waals surface area contributed by atoms with Crippen LogP contribution < -0.4 is 10.6 Å². The molecule has 33 heavy (non-hydrogen) atoms. The minimum Gasteiger partial charge on any atom is -0.379 e. The fourth-order valence-electron chi connectivity index (χ4n) is 5.98. The lowest BCUT2D eigenvalue weighted by atomic mass is 9.75. The van der Waals surface area contributed by atoms with Gasteiger partial charge in [-0.05, 0) is 77.1 Å². The average Bonchev–Trinajstić information content (AvgIpc) is 3.56. The first kappa shape index (κ1) is 22.4. The minimum atomic E-state index is -0.574. The maximum absolute atomic E-state index is 13.2. The van der Waals surface area contributed by atoms with Gasteiger partial charge in [-0.2, -0.15) is 0 Å². The second-order valence-electron chi connectivity index (χ2n) is 10.8. The Bertz CT molecular complexity index is 947. The quantitative estimate of drug-likeness (QED) is 0.621. The number of carbonyl (C=O) groups excluding carboxylic acids is 3. The fourth-order valence-corrected chi connectivity index (χ4v) is 5.98. The molecule has 4 aliphatic rings. The zero-order valence-electron chi connectivity index (χ0n) is 19.9. The molecule has 2 saturated carbocycles. The van der Waals surface area contributed by atoms with Gasteiger partial charge in [-0.1, -0.05) is 18.9 Å². The third-order valence-electron chi connectivity index (χ3n) is 8.35. The Morgan fingerprint density at radius 2 is 1.85 bits per heavy atom. The van der Waals surface area contributed by atoms with E-state index in [1.165, 1.54) is 38.5 Å². The Hall–Kier alpha value is -2.41. The van der Waals surface area contributed by atoms with Crippen LogP contribution in [0.5, 0.6) is 0 Å². The lowest BCUT2D eigenvalue weighted by Crippen LogP contribution is -2.52. The summed E-state index contributed by atoms with van der Waals surface area (Å²) in [6.07, 6.45) is 10.5. The number of imide groups is 1. The molecule has 2 N–H and O–H groups in total. The van der Waals surface area contributed by atoms with E-state index in [0.29, 0.717) is 24.6 Å². The molecule has 1 saturated heterocycles. The van der Waals surface area contributed by atoms with Crippen LogP contribution in [-0.4, -0.2) is 59.2 Å². The smallest absolute Gasteiger partial charge is 0.255 e. The summed E-state index contributed by atoms with van der Waals surface area (Å²) >= 11 is 0. The summed E-state index contributed by atoms with van der Waals surface area (Å²) in [5.74, 6) is 0.173. The Labute approximate surface area is 196 Å². The van der Waals surface area contributed by atoms with E-state index in [1.807, 2.05) is 12.1 Å². The highest BCUT2D eigenvalue weighted by atomic mass is 16.2. The van der Waals surface area contributed by atoms with Crippen LogP contribution in [0, 0.1) is 5.92 Å². The molecule has 3 amide bonds. The van der Waals surface area contributed by atoms with Crippen LogP contribution in [-0.2, 0) is 16.1 Å². The number of rotatable bonds is 7. The molecule has 0 spiro atoms. The van der Waals surface area contributed by atoms with Gasteiger partial charge in [-0.25, -0.2) is 0 Å².